The lowest BCUT2D eigenvalue weighted by Crippen LogP contribution is -2.15. The van der Waals surface area contributed by atoms with E-state index < -0.39 is 17.5 Å². The second kappa shape index (κ2) is 6.22. The molecule has 2 rings (SSSR count). The van der Waals surface area contributed by atoms with Crippen molar-refractivity contribution in [1.82, 2.24) is 0 Å². The molecular formula is C17H15F3O2. The molecule has 0 aliphatic heterocycles. The Morgan fingerprint density at radius 3 is 2.27 bits per heavy atom. The molecule has 5 heteroatoms. The molecule has 116 valence electrons. The lowest BCUT2D eigenvalue weighted by molar-refractivity contribution is -0.138. The van der Waals surface area contributed by atoms with Crippen molar-refractivity contribution in [1.29, 1.82) is 0 Å². The summed E-state index contributed by atoms with van der Waals surface area (Å²) in [6.07, 6.45) is -4.60. The van der Waals surface area contributed by atoms with Crippen molar-refractivity contribution in [2.24, 2.45) is 0 Å². The molecule has 0 fully saturated rings. The maximum absolute atomic E-state index is 13.2. The highest BCUT2D eigenvalue weighted by Gasteiger charge is 2.37. The number of carbonyl (C=O) groups excluding carboxylic acids is 1. The summed E-state index contributed by atoms with van der Waals surface area (Å²) in [4.78, 5) is 11.4. The Kier molecular flexibility index (Phi) is 4.54. The first-order chi connectivity index (χ1) is 10.3. The molecule has 2 aromatic carbocycles. The lowest BCUT2D eigenvalue weighted by atomic mass is 9.98. The summed E-state index contributed by atoms with van der Waals surface area (Å²) in [5.41, 5.74) is -0.482. The first-order valence-electron chi connectivity index (χ1n) is 6.69. The van der Waals surface area contributed by atoms with Crippen molar-refractivity contribution in [3.8, 4) is 5.75 Å². The van der Waals surface area contributed by atoms with Crippen LogP contribution < -0.4 is 4.74 Å². The number of ether oxygens (including phenoxy) is 1. The lowest BCUT2D eigenvalue weighted by Gasteiger charge is -2.17. The molecular weight excluding hydrogens is 293 g/mol. The zero-order chi connectivity index (χ0) is 16.3. The first kappa shape index (κ1) is 16.1. The van der Waals surface area contributed by atoms with Gasteiger partial charge < -0.3 is 4.74 Å². The Morgan fingerprint density at radius 1 is 1.09 bits per heavy atom. The number of hydrogen-bond acceptors (Lipinski definition) is 2. The summed E-state index contributed by atoms with van der Waals surface area (Å²) in [6, 6.07) is 11.7. The number of carbonyl (C=O) groups is 1. The topological polar surface area (TPSA) is 26.3 Å². The molecule has 0 aliphatic rings. The largest absolute Gasteiger partial charge is 0.489 e. The summed E-state index contributed by atoms with van der Waals surface area (Å²) >= 11 is 0. The van der Waals surface area contributed by atoms with Gasteiger partial charge in [-0.15, -0.1) is 0 Å². The Morgan fingerprint density at radius 2 is 1.73 bits per heavy atom. The quantitative estimate of drug-likeness (QED) is 0.759. The van der Waals surface area contributed by atoms with Crippen LogP contribution in [0, 0.1) is 6.92 Å². The minimum absolute atomic E-state index is 0.0730. The highest BCUT2D eigenvalue weighted by Crippen LogP contribution is 2.38. The number of ketones is 1. The van der Waals surface area contributed by atoms with E-state index in [2.05, 4.69) is 0 Å². The molecule has 0 unspecified atom stereocenters. The van der Waals surface area contributed by atoms with Gasteiger partial charge in [0, 0.05) is 11.1 Å². The van der Waals surface area contributed by atoms with E-state index in [0.29, 0.717) is 0 Å². The van der Waals surface area contributed by atoms with E-state index >= 15 is 0 Å². The van der Waals surface area contributed by atoms with Crippen LogP contribution in [0.3, 0.4) is 0 Å². The van der Waals surface area contributed by atoms with Gasteiger partial charge in [0.15, 0.2) is 5.78 Å². The molecule has 2 aromatic rings. The average Bonchev–Trinajstić information content (AvgIpc) is 2.45. The van der Waals surface area contributed by atoms with E-state index in [-0.39, 0.29) is 23.5 Å². The van der Waals surface area contributed by atoms with Crippen LogP contribution in [-0.4, -0.2) is 5.78 Å². The van der Waals surface area contributed by atoms with Crippen LogP contribution in [0.25, 0.3) is 0 Å². The van der Waals surface area contributed by atoms with E-state index in [9.17, 15) is 18.0 Å². The smallest absolute Gasteiger partial charge is 0.417 e. The van der Waals surface area contributed by atoms with Gasteiger partial charge in [0.05, 0.1) is 5.56 Å². The Hall–Kier alpha value is -2.30. The predicted octanol–water partition coefficient (Wildman–Crippen LogP) is 4.80. The van der Waals surface area contributed by atoms with Crippen molar-refractivity contribution in [2.75, 3.05) is 0 Å². The van der Waals surface area contributed by atoms with Gasteiger partial charge in [-0.3, -0.25) is 4.79 Å². The Bertz CT molecular complexity index is 676. The second-order valence-corrected chi connectivity index (χ2v) is 4.94. The van der Waals surface area contributed by atoms with Crippen LogP contribution in [0.4, 0.5) is 13.2 Å². The van der Waals surface area contributed by atoms with Crippen LogP contribution in [-0.2, 0) is 12.8 Å². The van der Waals surface area contributed by atoms with Crippen LogP contribution >= 0.6 is 0 Å². The van der Waals surface area contributed by atoms with Gasteiger partial charge in [-0.2, -0.15) is 13.2 Å². The highest BCUT2D eigenvalue weighted by molar-refractivity contribution is 5.96. The van der Waals surface area contributed by atoms with Crippen molar-refractivity contribution in [3.05, 3.63) is 64.7 Å². The third-order valence-electron chi connectivity index (χ3n) is 3.32. The number of alkyl halides is 3. The molecule has 0 N–H and O–H groups in total. The molecule has 0 atom stereocenters. The summed E-state index contributed by atoms with van der Waals surface area (Å²) < 4.78 is 45.1. The molecule has 2 nitrogen and oxygen atoms in total. The van der Waals surface area contributed by atoms with Gasteiger partial charge in [0.25, 0.3) is 0 Å². The van der Waals surface area contributed by atoms with Crippen LogP contribution in [0.15, 0.2) is 42.5 Å². The van der Waals surface area contributed by atoms with Crippen molar-refractivity contribution >= 4 is 5.78 Å². The molecule has 0 bridgehead atoms. The minimum Gasteiger partial charge on any atom is -0.489 e. The highest BCUT2D eigenvalue weighted by atomic mass is 19.4. The number of Topliss-reactive ketones (excluding diaryl/α,β-unsaturated/α-hetero) is 1. The van der Waals surface area contributed by atoms with Gasteiger partial charge in [0.2, 0.25) is 0 Å². The van der Waals surface area contributed by atoms with Gasteiger partial charge >= 0.3 is 6.18 Å². The fraction of sp³-hybridized carbons (Fsp3) is 0.235. The zero-order valence-corrected chi connectivity index (χ0v) is 12.2. The molecule has 0 aliphatic carbocycles. The van der Waals surface area contributed by atoms with Crippen molar-refractivity contribution in [2.45, 2.75) is 26.6 Å². The maximum atomic E-state index is 13.2. The van der Waals surface area contributed by atoms with E-state index in [1.165, 1.54) is 19.1 Å². The minimum atomic E-state index is -4.60. The van der Waals surface area contributed by atoms with E-state index in [1.807, 2.05) is 30.3 Å². The molecule has 0 aromatic heterocycles. The second-order valence-electron chi connectivity index (χ2n) is 4.94. The Balaban J connectivity index is 2.36. The third-order valence-corrected chi connectivity index (χ3v) is 3.32. The van der Waals surface area contributed by atoms with Gasteiger partial charge in [-0.05, 0) is 31.5 Å². The fourth-order valence-corrected chi connectivity index (χ4v) is 2.24. The molecule has 0 saturated carbocycles. The number of benzene rings is 2. The molecule has 0 heterocycles. The monoisotopic (exact) mass is 308 g/mol. The zero-order valence-electron chi connectivity index (χ0n) is 12.2. The van der Waals surface area contributed by atoms with Gasteiger partial charge in [0.1, 0.15) is 12.4 Å². The summed E-state index contributed by atoms with van der Waals surface area (Å²) in [5.74, 6) is -0.494. The van der Waals surface area contributed by atoms with E-state index in [1.54, 1.807) is 0 Å². The van der Waals surface area contributed by atoms with Crippen LogP contribution in [0.5, 0.6) is 5.75 Å². The Labute approximate surface area is 126 Å². The van der Waals surface area contributed by atoms with Crippen LogP contribution in [0.1, 0.15) is 34.0 Å². The molecule has 22 heavy (non-hydrogen) atoms. The van der Waals surface area contributed by atoms with Crippen LogP contribution in [0.2, 0.25) is 0 Å². The maximum Gasteiger partial charge on any atom is 0.417 e. The molecule has 0 amide bonds. The van der Waals surface area contributed by atoms with Crippen molar-refractivity contribution in [3.63, 3.8) is 0 Å². The fourth-order valence-electron chi connectivity index (χ4n) is 2.24. The summed E-state index contributed by atoms with van der Waals surface area (Å²) in [6.45, 7) is 2.60. The summed E-state index contributed by atoms with van der Waals surface area (Å²) in [5, 5.41) is 0. The number of hydrogen-bond donors (Lipinski definition) is 0. The van der Waals surface area contributed by atoms with E-state index in [0.717, 1.165) is 12.5 Å². The predicted molar refractivity (Wildman–Crippen MR) is 77.0 cm³/mol. The van der Waals surface area contributed by atoms with Gasteiger partial charge in [-0.25, -0.2) is 0 Å². The molecule has 0 radical (unpaired) electrons. The first-order valence-corrected chi connectivity index (χ1v) is 6.69. The standard InChI is InChI=1S/C17H15F3O2/c1-11-15(22-10-13-6-4-3-5-7-13)9-8-14(12(2)21)16(11)17(18,19)20/h3-9H,10H2,1-2H3. The number of rotatable bonds is 4. The van der Waals surface area contributed by atoms with Gasteiger partial charge in [-0.1, -0.05) is 30.3 Å². The average molecular weight is 308 g/mol. The third kappa shape index (κ3) is 3.47. The molecule has 0 spiro atoms. The SMILES string of the molecule is CC(=O)c1ccc(OCc2ccccc2)c(C)c1C(F)(F)F. The molecule has 0 saturated heterocycles. The van der Waals surface area contributed by atoms with Crippen molar-refractivity contribution < 1.29 is 22.7 Å². The van der Waals surface area contributed by atoms with E-state index in [4.69, 9.17) is 4.74 Å². The summed E-state index contributed by atoms with van der Waals surface area (Å²) in [7, 11) is 0. The normalized spacial score (nSPS) is 11.3. The number of halogens is 3.